The Morgan fingerprint density at radius 1 is 1.32 bits per heavy atom. The van der Waals surface area contributed by atoms with E-state index in [0.717, 1.165) is 19.3 Å². The van der Waals surface area contributed by atoms with E-state index in [2.05, 4.69) is 12.2 Å². The highest BCUT2D eigenvalue weighted by molar-refractivity contribution is 5.90. The smallest absolute Gasteiger partial charge is 0.224 e. The van der Waals surface area contributed by atoms with Crippen LogP contribution in [0.25, 0.3) is 0 Å². The quantitative estimate of drug-likeness (QED) is 0.755. The number of carbonyl (C=O) groups is 1. The molecule has 1 amide bonds. The van der Waals surface area contributed by atoms with E-state index in [4.69, 9.17) is 5.26 Å². The van der Waals surface area contributed by atoms with Crippen molar-refractivity contribution >= 4 is 11.6 Å². The van der Waals surface area contributed by atoms with E-state index in [1.165, 1.54) is 31.0 Å². The van der Waals surface area contributed by atoms with Crippen LogP contribution in [0.1, 0.15) is 51.0 Å². The van der Waals surface area contributed by atoms with Gasteiger partial charge < -0.3 is 5.32 Å². The predicted octanol–water partition coefficient (Wildman–Crippen LogP) is 4.00. The van der Waals surface area contributed by atoms with Gasteiger partial charge >= 0.3 is 0 Å². The Labute approximate surface area is 113 Å². The number of nitriles is 1. The minimum atomic E-state index is -0.569. The molecule has 1 aromatic rings. The fourth-order valence-electron chi connectivity index (χ4n) is 1.80. The van der Waals surface area contributed by atoms with Gasteiger partial charge in [-0.05, 0) is 24.6 Å². The van der Waals surface area contributed by atoms with Crippen LogP contribution in [0.2, 0.25) is 0 Å². The maximum atomic E-state index is 13.1. The van der Waals surface area contributed by atoms with Crippen molar-refractivity contribution in [1.82, 2.24) is 0 Å². The maximum absolute atomic E-state index is 13.1. The van der Waals surface area contributed by atoms with Gasteiger partial charge in [0, 0.05) is 12.1 Å². The number of anilines is 1. The first-order valence-corrected chi connectivity index (χ1v) is 6.67. The molecule has 0 aromatic heterocycles. The molecule has 1 rings (SSSR count). The molecule has 0 aliphatic heterocycles. The Bertz CT molecular complexity index is 466. The molecule has 0 bridgehead atoms. The SMILES string of the molecule is CCCCCCCC(=O)Nc1ccc(F)c(C#N)c1. The topological polar surface area (TPSA) is 52.9 Å². The molecule has 19 heavy (non-hydrogen) atoms. The minimum absolute atomic E-state index is 0.0549. The molecule has 1 N–H and O–H groups in total. The Morgan fingerprint density at radius 2 is 2.05 bits per heavy atom. The fraction of sp³-hybridized carbons (Fsp3) is 0.467. The van der Waals surface area contributed by atoms with Crippen molar-refractivity contribution in [2.45, 2.75) is 45.4 Å². The molecule has 0 aliphatic rings. The van der Waals surface area contributed by atoms with Gasteiger partial charge in [0.05, 0.1) is 5.56 Å². The molecule has 0 unspecified atom stereocenters. The normalized spacial score (nSPS) is 9.95. The number of nitrogens with one attached hydrogen (secondary N) is 1. The van der Waals surface area contributed by atoms with Crippen molar-refractivity contribution in [2.24, 2.45) is 0 Å². The summed E-state index contributed by atoms with van der Waals surface area (Å²) in [6, 6.07) is 5.75. The summed E-state index contributed by atoms with van der Waals surface area (Å²) >= 11 is 0. The Morgan fingerprint density at radius 3 is 2.74 bits per heavy atom. The molecule has 0 atom stereocenters. The molecular formula is C15H19FN2O. The van der Waals surface area contributed by atoms with E-state index in [-0.39, 0.29) is 11.5 Å². The summed E-state index contributed by atoms with van der Waals surface area (Å²) in [7, 11) is 0. The molecule has 0 saturated carbocycles. The van der Waals surface area contributed by atoms with Crippen molar-refractivity contribution in [3.05, 3.63) is 29.6 Å². The predicted molar refractivity (Wildman–Crippen MR) is 73.1 cm³/mol. The number of unbranched alkanes of at least 4 members (excludes halogenated alkanes) is 4. The van der Waals surface area contributed by atoms with Crippen molar-refractivity contribution in [1.29, 1.82) is 5.26 Å². The third-order valence-electron chi connectivity index (χ3n) is 2.88. The number of carbonyl (C=O) groups excluding carboxylic acids is 1. The van der Waals surface area contributed by atoms with Gasteiger partial charge in [-0.3, -0.25) is 4.79 Å². The summed E-state index contributed by atoms with van der Waals surface area (Å²) in [5.74, 6) is -0.660. The molecule has 0 saturated heterocycles. The van der Waals surface area contributed by atoms with Crippen molar-refractivity contribution in [3.63, 3.8) is 0 Å². The van der Waals surface area contributed by atoms with E-state index in [1.54, 1.807) is 6.07 Å². The molecule has 0 aliphatic carbocycles. The van der Waals surface area contributed by atoms with Gasteiger partial charge in [-0.2, -0.15) is 5.26 Å². The Hall–Kier alpha value is -1.89. The lowest BCUT2D eigenvalue weighted by molar-refractivity contribution is -0.116. The lowest BCUT2D eigenvalue weighted by Crippen LogP contribution is -2.11. The highest BCUT2D eigenvalue weighted by Crippen LogP contribution is 2.14. The second-order valence-electron chi connectivity index (χ2n) is 4.52. The number of hydrogen-bond acceptors (Lipinski definition) is 2. The van der Waals surface area contributed by atoms with Gasteiger partial charge in [-0.25, -0.2) is 4.39 Å². The lowest BCUT2D eigenvalue weighted by atomic mass is 10.1. The molecular weight excluding hydrogens is 243 g/mol. The van der Waals surface area contributed by atoms with Gasteiger partial charge in [0.15, 0.2) is 0 Å². The molecule has 0 spiro atoms. The fourth-order valence-corrected chi connectivity index (χ4v) is 1.80. The van der Waals surface area contributed by atoms with Crippen LogP contribution in [0.5, 0.6) is 0 Å². The number of rotatable bonds is 7. The van der Waals surface area contributed by atoms with E-state index >= 15 is 0 Å². The summed E-state index contributed by atoms with van der Waals surface area (Å²) in [6.45, 7) is 2.15. The number of nitrogens with zero attached hydrogens (tertiary/aromatic N) is 1. The molecule has 0 radical (unpaired) electrons. The molecule has 0 fully saturated rings. The van der Waals surface area contributed by atoms with E-state index in [0.29, 0.717) is 12.1 Å². The summed E-state index contributed by atoms with van der Waals surface area (Å²) in [5.41, 5.74) is 0.414. The van der Waals surface area contributed by atoms with Crippen LogP contribution >= 0.6 is 0 Å². The van der Waals surface area contributed by atoms with Crippen molar-refractivity contribution < 1.29 is 9.18 Å². The summed E-state index contributed by atoms with van der Waals surface area (Å²) in [5, 5.41) is 11.4. The average Bonchev–Trinajstić information content (AvgIpc) is 2.40. The second kappa shape index (κ2) is 8.25. The number of hydrogen-bond donors (Lipinski definition) is 1. The zero-order valence-electron chi connectivity index (χ0n) is 11.2. The number of benzene rings is 1. The summed E-state index contributed by atoms with van der Waals surface area (Å²) in [4.78, 5) is 11.6. The highest BCUT2D eigenvalue weighted by atomic mass is 19.1. The molecule has 3 nitrogen and oxygen atoms in total. The summed E-state index contributed by atoms with van der Waals surface area (Å²) < 4.78 is 13.1. The average molecular weight is 262 g/mol. The van der Waals surface area contributed by atoms with E-state index in [9.17, 15) is 9.18 Å². The number of halogens is 1. The van der Waals surface area contributed by atoms with Gasteiger partial charge in [-0.1, -0.05) is 32.6 Å². The lowest BCUT2D eigenvalue weighted by Gasteiger charge is -2.05. The van der Waals surface area contributed by atoms with Crippen molar-refractivity contribution in [3.8, 4) is 6.07 Å². The molecule has 4 heteroatoms. The zero-order chi connectivity index (χ0) is 14.1. The third kappa shape index (κ3) is 5.52. The van der Waals surface area contributed by atoms with E-state index in [1.807, 2.05) is 0 Å². The van der Waals surface area contributed by atoms with Gasteiger partial charge in [0.1, 0.15) is 11.9 Å². The van der Waals surface area contributed by atoms with Crippen molar-refractivity contribution in [2.75, 3.05) is 5.32 Å². The second-order valence-corrected chi connectivity index (χ2v) is 4.52. The largest absolute Gasteiger partial charge is 0.326 e. The van der Waals surface area contributed by atoms with Crippen LogP contribution in [0.3, 0.4) is 0 Å². The molecule has 1 aromatic carbocycles. The van der Waals surface area contributed by atoms with Gasteiger partial charge in [0.2, 0.25) is 5.91 Å². The van der Waals surface area contributed by atoms with Crippen LogP contribution in [-0.2, 0) is 4.79 Å². The molecule has 0 heterocycles. The van der Waals surface area contributed by atoms with E-state index < -0.39 is 5.82 Å². The highest BCUT2D eigenvalue weighted by Gasteiger charge is 2.06. The Balaban J connectivity index is 2.38. The molecule has 102 valence electrons. The first-order valence-electron chi connectivity index (χ1n) is 6.67. The zero-order valence-corrected chi connectivity index (χ0v) is 11.2. The summed E-state index contributed by atoms with van der Waals surface area (Å²) in [6.07, 6.45) is 5.90. The maximum Gasteiger partial charge on any atom is 0.224 e. The standard InChI is InChI=1S/C15H19FN2O/c1-2-3-4-5-6-7-15(19)18-13-8-9-14(16)12(10-13)11-17/h8-10H,2-7H2,1H3,(H,18,19). The van der Waals surface area contributed by atoms with Crippen LogP contribution in [0.15, 0.2) is 18.2 Å². The minimum Gasteiger partial charge on any atom is -0.326 e. The van der Waals surface area contributed by atoms with Crippen LogP contribution in [0.4, 0.5) is 10.1 Å². The van der Waals surface area contributed by atoms with Gasteiger partial charge in [-0.15, -0.1) is 0 Å². The van der Waals surface area contributed by atoms with Crippen LogP contribution in [-0.4, -0.2) is 5.91 Å². The first kappa shape index (κ1) is 15.2. The van der Waals surface area contributed by atoms with Gasteiger partial charge in [0.25, 0.3) is 0 Å². The van der Waals surface area contributed by atoms with Crippen LogP contribution in [0, 0.1) is 17.1 Å². The first-order chi connectivity index (χ1) is 9.17. The third-order valence-corrected chi connectivity index (χ3v) is 2.88. The van der Waals surface area contributed by atoms with Crippen LogP contribution < -0.4 is 5.32 Å². The monoisotopic (exact) mass is 262 g/mol. The number of amides is 1. The Kier molecular flexibility index (Phi) is 6.59.